The van der Waals surface area contributed by atoms with Crippen LogP contribution in [0.4, 0.5) is 0 Å². The van der Waals surface area contributed by atoms with E-state index in [2.05, 4.69) is 15.9 Å². The molecule has 4 heteroatoms. The molecule has 0 spiro atoms. The van der Waals surface area contributed by atoms with Gasteiger partial charge >= 0.3 is 0 Å². The number of rotatable bonds is 3. The quantitative estimate of drug-likeness (QED) is 0.809. The van der Waals surface area contributed by atoms with Gasteiger partial charge in [0.25, 0.3) is 0 Å². The zero-order valence-corrected chi connectivity index (χ0v) is 9.73. The Morgan fingerprint density at radius 1 is 1.31 bits per heavy atom. The Kier molecular flexibility index (Phi) is 4.64. The molecule has 0 atom stereocenters. The maximum absolute atomic E-state index is 5.41. The summed E-state index contributed by atoms with van der Waals surface area (Å²) in [5.41, 5.74) is 0. The Morgan fingerprint density at radius 3 is 2.46 bits per heavy atom. The molecule has 70 valence electrons. The first-order valence-corrected chi connectivity index (χ1v) is 5.13. The second-order valence-corrected chi connectivity index (χ2v) is 4.18. The maximum atomic E-state index is 5.41. The van der Waals surface area contributed by atoms with Crippen molar-refractivity contribution in [3.63, 3.8) is 0 Å². The van der Waals surface area contributed by atoms with Gasteiger partial charge in [-0.05, 0) is 30.3 Å². The van der Waals surface area contributed by atoms with Gasteiger partial charge in [-0.25, -0.2) is 0 Å². The second kappa shape index (κ2) is 5.53. The van der Waals surface area contributed by atoms with Crippen LogP contribution in [0.1, 0.15) is 0 Å². The smallest absolute Gasteiger partial charge is 0.119 e. The molecule has 1 aromatic rings. The monoisotopic (exact) mass is 280 g/mol. The number of halogens is 3. The van der Waals surface area contributed by atoms with Crippen LogP contribution in [0.25, 0.3) is 0 Å². The van der Waals surface area contributed by atoms with Crippen molar-refractivity contribution in [3.8, 4) is 5.75 Å². The van der Waals surface area contributed by atoms with Crippen LogP contribution in [0, 0.1) is 0 Å². The maximum Gasteiger partial charge on any atom is 0.119 e. The van der Waals surface area contributed by atoms with Gasteiger partial charge in [0.15, 0.2) is 0 Å². The van der Waals surface area contributed by atoms with Crippen LogP contribution in [0.3, 0.4) is 0 Å². The molecule has 13 heavy (non-hydrogen) atoms. The highest BCUT2D eigenvalue weighted by molar-refractivity contribution is 9.10. The van der Waals surface area contributed by atoms with E-state index in [4.69, 9.17) is 27.9 Å². The van der Waals surface area contributed by atoms with Crippen molar-refractivity contribution in [1.82, 2.24) is 0 Å². The summed E-state index contributed by atoms with van der Waals surface area (Å²) in [4.78, 5) is 0. The van der Waals surface area contributed by atoms with Gasteiger partial charge in [-0.2, -0.15) is 0 Å². The molecule has 0 bridgehead atoms. The van der Waals surface area contributed by atoms with Gasteiger partial charge in [-0.3, -0.25) is 0 Å². The van der Waals surface area contributed by atoms with E-state index in [1.54, 1.807) is 6.08 Å². The van der Waals surface area contributed by atoms with Crippen LogP contribution < -0.4 is 4.74 Å². The standard InChI is InChI=1S/C9H7BrCl2O/c10-7-1-3-8(4-2-7)13-6-5-9(11)12/h1-5H,6H2. The van der Waals surface area contributed by atoms with Gasteiger partial charge < -0.3 is 4.74 Å². The van der Waals surface area contributed by atoms with E-state index in [0.29, 0.717) is 6.61 Å². The fraction of sp³-hybridized carbons (Fsp3) is 0.111. The molecule has 0 fully saturated rings. The van der Waals surface area contributed by atoms with Crippen molar-refractivity contribution >= 4 is 39.1 Å². The molecule has 0 amide bonds. The molecule has 0 saturated carbocycles. The van der Waals surface area contributed by atoms with E-state index in [1.807, 2.05) is 24.3 Å². The van der Waals surface area contributed by atoms with Crippen molar-refractivity contribution in [2.45, 2.75) is 0 Å². The summed E-state index contributed by atoms with van der Waals surface area (Å²) in [7, 11) is 0. The molecule has 0 aliphatic carbocycles. The van der Waals surface area contributed by atoms with Crippen molar-refractivity contribution < 1.29 is 4.74 Å². The zero-order valence-electron chi connectivity index (χ0n) is 6.64. The molecule has 0 aliphatic heterocycles. The summed E-state index contributed by atoms with van der Waals surface area (Å²) in [6.07, 6.45) is 1.59. The van der Waals surface area contributed by atoms with E-state index in [-0.39, 0.29) is 4.49 Å². The second-order valence-electron chi connectivity index (χ2n) is 2.26. The average molecular weight is 282 g/mol. The molecule has 0 saturated heterocycles. The van der Waals surface area contributed by atoms with Crippen LogP contribution in [0.5, 0.6) is 5.75 Å². The molecule has 0 aromatic heterocycles. The molecule has 0 unspecified atom stereocenters. The Labute approximate surface area is 95.4 Å². The summed E-state index contributed by atoms with van der Waals surface area (Å²) in [5, 5.41) is 0. The highest BCUT2D eigenvalue weighted by atomic mass is 79.9. The Morgan fingerprint density at radius 2 is 1.92 bits per heavy atom. The third-order valence-corrected chi connectivity index (χ3v) is 2.14. The molecule has 1 aromatic carbocycles. The van der Waals surface area contributed by atoms with Gasteiger partial charge in [0.1, 0.15) is 16.8 Å². The van der Waals surface area contributed by atoms with E-state index in [9.17, 15) is 0 Å². The minimum absolute atomic E-state index is 0.220. The van der Waals surface area contributed by atoms with Crippen molar-refractivity contribution in [2.24, 2.45) is 0 Å². The Hall–Kier alpha value is -0.180. The van der Waals surface area contributed by atoms with Gasteiger partial charge in [-0.15, -0.1) is 0 Å². The van der Waals surface area contributed by atoms with Crippen molar-refractivity contribution in [3.05, 3.63) is 39.3 Å². The highest BCUT2D eigenvalue weighted by Crippen LogP contribution is 2.16. The molecule has 0 radical (unpaired) electrons. The largest absolute Gasteiger partial charge is 0.489 e. The lowest BCUT2D eigenvalue weighted by Crippen LogP contribution is -1.92. The third kappa shape index (κ3) is 4.55. The van der Waals surface area contributed by atoms with Gasteiger partial charge in [0, 0.05) is 4.47 Å². The van der Waals surface area contributed by atoms with Crippen molar-refractivity contribution in [2.75, 3.05) is 6.61 Å². The number of ether oxygens (including phenoxy) is 1. The predicted molar refractivity (Wildman–Crippen MR) is 59.4 cm³/mol. The topological polar surface area (TPSA) is 9.23 Å². The lowest BCUT2D eigenvalue weighted by Gasteiger charge is -2.02. The summed E-state index contributed by atoms with van der Waals surface area (Å²) in [5.74, 6) is 0.786. The minimum Gasteiger partial charge on any atom is -0.489 e. The summed E-state index contributed by atoms with van der Waals surface area (Å²) in [6.45, 7) is 0.379. The van der Waals surface area contributed by atoms with Crippen LogP contribution in [-0.4, -0.2) is 6.61 Å². The van der Waals surface area contributed by atoms with Crippen LogP contribution in [0.2, 0.25) is 0 Å². The molecule has 0 heterocycles. The molecule has 0 aliphatic rings. The molecule has 1 nitrogen and oxygen atoms in total. The number of hydrogen-bond acceptors (Lipinski definition) is 1. The fourth-order valence-corrected chi connectivity index (χ4v) is 1.12. The van der Waals surface area contributed by atoms with Gasteiger partial charge in [0.05, 0.1) is 0 Å². The first-order valence-electron chi connectivity index (χ1n) is 3.58. The van der Waals surface area contributed by atoms with Crippen molar-refractivity contribution in [1.29, 1.82) is 0 Å². The first kappa shape index (κ1) is 10.9. The predicted octanol–water partition coefficient (Wildman–Crippen LogP) is 4.15. The summed E-state index contributed by atoms with van der Waals surface area (Å²) < 4.78 is 6.54. The van der Waals surface area contributed by atoms with Crippen LogP contribution in [-0.2, 0) is 0 Å². The van der Waals surface area contributed by atoms with E-state index in [0.717, 1.165) is 10.2 Å². The van der Waals surface area contributed by atoms with Gasteiger partial charge in [-0.1, -0.05) is 39.1 Å². The SMILES string of the molecule is ClC(Cl)=CCOc1ccc(Br)cc1. The first-order chi connectivity index (χ1) is 6.18. The molecule has 0 N–H and O–H groups in total. The lowest BCUT2D eigenvalue weighted by molar-refractivity contribution is 0.363. The fourth-order valence-electron chi connectivity index (χ4n) is 0.732. The molecular weight excluding hydrogens is 275 g/mol. The molecular formula is C9H7BrCl2O. The summed E-state index contributed by atoms with van der Waals surface area (Å²) in [6, 6.07) is 7.53. The van der Waals surface area contributed by atoms with Crippen LogP contribution >= 0.6 is 39.1 Å². The van der Waals surface area contributed by atoms with Crippen LogP contribution in [0.15, 0.2) is 39.3 Å². The zero-order chi connectivity index (χ0) is 9.68. The highest BCUT2D eigenvalue weighted by Gasteiger charge is 1.91. The van der Waals surface area contributed by atoms with Gasteiger partial charge in [0.2, 0.25) is 0 Å². The Balaban J connectivity index is 2.46. The van der Waals surface area contributed by atoms with E-state index < -0.39 is 0 Å². The normalized spacial score (nSPS) is 9.46. The average Bonchev–Trinajstić information content (AvgIpc) is 2.08. The lowest BCUT2D eigenvalue weighted by atomic mass is 10.3. The summed E-state index contributed by atoms with van der Waals surface area (Å²) >= 11 is 14.1. The molecule has 1 rings (SSSR count). The van der Waals surface area contributed by atoms with E-state index in [1.165, 1.54) is 0 Å². The minimum atomic E-state index is 0.220. The van der Waals surface area contributed by atoms with E-state index >= 15 is 0 Å². The Bertz CT molecular complexity index is 291. The number of hydrogen-bond donors (Lipinski definition) is 0. The number of benzene rings is 1. The third-order valence-electron chi connectivity index (χ3n) is 1.30.